The number of aliphatic hydroxyl groups excluding tert-OH is 5. The quantitative estimate of drug-likeness (QED) is 0.0265. The Hall–Kier alpha value is -1.33. The molecule has 0 aliphatic carbocycles. The summed E-state index contributed by atoms with van der Waals surface area (Å²) in [6.45, 7) is 3.81. The lowest BCUT2D eigenvalue weighted by molar-refractivity contribution is -0.302. The van der Waals surface area contributed by atoms with Crippen molar-refractivity contribution in [2.24, 2.45) is 0 Å². The summed E-state index contributed by atoms with van der Waals surface area (Å²) >= 11 is 0. The van der Waals surface area contributed by atoms with Crippen molar-refractivity contribution in [3.8, 4) is 0 Å². The number of rotatable bonds is 40. The Labute approximate surface area is 349 Å². The third kappa shape index (κ3) is 29.5. The minimum atomic E-state index is -1.55. The molecule has 1 aliphatic heterocycles. The van der Waals surface area contributed by atoms with Crippen molar-refractivity contribution in [3.05, 3.63) is 24.3 Å². The summed E-state index contributed by atoms with van der Waals surface area (Å²) in [6, 6.07) is -0.718. The Kier molecular flexibility index (Phi) is 36.6. The molecule has 1 rings (SSSR count). The van der Waals surface area contributed by atoms with E-state index in [-0.39, 0.29) is 12.5 Å². The van der Waals surface area contributed by atoms with E-state index in [9.17, 15) is 30.3 Å². The minimum absolute atomic E-state index is 0.138. The van der Waals surface area contributed by atoms with Crippen LogP contribution in [0.25, 0.3) is 0 Å². The van der Waals surface area contributed by atoms with Crippen LogP contribution in [0.2, 0.25) is 0 Å². The molecular weight excluding hydrogens is 719 g/mol. The highest BCUT2D eigenvalue weighted by molar-refractivity contribution is 5.76. The predicted octanol–water partition coefficient (Wildman–Crippen LogP) is 10.3. The molecule has 0 bridgehead atoms. The third-order valence-electron chi connectivity index (χ3n) is 11.6. The fraction of sp³-hybridized carbons (Fsp3) is 0.896. The van der Waals surface area contributed by atoms with E-state index >= 15 is 0 Å². The summed E-state index contributed by atoms with van der Waals surface area (Å²) in [6.07, 6.45) is 38.9. The number of allylic oxidation sites excluding steroid dienone is 4. The SMILES string of the molecule is CCCCC/C=C\C/C=C\CCCCCCCCCCCC(=O)NC(COC1OC(CO)C(O)C(O)C1O)C(O)CCCCCCCCCCCCCCCCC. The summed E-state index contributed by atoms with van der Waals surface area (Å²) in [4.78, 5) is 13.0. The zero-order valence-corrected chi connectivity index (χ0v) is 36.9. The van der Waals surface area contributed by atoms with Gasteiger partial charge in [-0.15, -0.1) is 0 Å². The summed E-state index contributed by atoms with van der Waals surface area (Å²) in [5.41, 5.74) is 0. The van der Waals surface area contributed by atoms with Crippen molar-refractivity contribution in [1.82, 2.24) is 5.32 Å². The van der Waals surface area contributed by atoms with Gasteiger partial charge in [0.05, 0.1) is 25.4 Å². The average Bonchev–Trinajstić information content (AvgIpc) is 3.21. The lowest BCUT2D eigenvalue weighted by Gasteiger charge is -2.40. The van der Waals surface area contributed by atoms with E-state index in [4.69, 9.17) is 9.47 Å². The summed E-state index contributed by atoms with van der Waals surface area (Å²) in [5, 5.41) is 54.4. The highest BCUT2D eigenvalue weighted by atomic mass is 16.7. The Morgan fingerprint density at radius 1 is 0.596 bits per heavy atom. The first-order chi connectivity index (χ1) is 27.8. The second-order valence-electron chi connectivity index (χ2n) is 16.9. The first-order valence-corrected chi connectivity index (χ1v) is 24.0. The summed E-state index contributed by atoms with van der Waals surface area (Å²) in [5.74, 6) is -0.148. The van der Waals surface area contributed by atoms with Gasteiger partial charge in [0.1, 0.15) is 24.4 Å². The van der Waals surface area contributed by atoms with E-state index in [1.165, 1.54) is 148 Å². The number of hydrogen-bond donors (Lipinski definition) is 6. The zero-order valence-electron chi connectivity index (χ0n) is 36.9. The Bertz CT molecular complexity index is 945. The molecule has 9 heteroatoms. The van der Waals surface area contributed by atoms with Crippen molar-refractivity contribution >= 4 is 5.91 Å². The van der Waals surface area contributed by atoms with Gasteiger partial charge in [-0.05, 0) is 44.9 Å². The molecule has 9 nitrogen and oxygen atoms in total. The molecule has 7 unspecified atom stereocenters. The van der Waals surface area contributed by atoms with Crippen LogP contribution >= 0.6 is 0 Å². The maximum Gasteiger partial charge on any atom is 0.220 e. The molecule has 0 aromatic rings. The van der Waals surface area contributed by atoms with Gasteiger partial charge < -0.3 is 40.3 Å². The van der Waals surface area contributed by atoms with Crippen LogP contribution in [0.15, 0.2) is 24.3 Å². The molecule has 0 aromatic heterocycles. The fourth-order valence-electron chi connectivity index (χ4n) is 7.66. The van der Waals surface area contributed by atoms with Crippen LogP contribution in [-0.4, -0.2) is 87.5 Å². The third-order valence-corrected chi connectivity index (χ3v) is 11.6. The smallest absolute Gasteiger partial charge is 0.220 e. The number of unbranched alkanes of at least 4 members (excludes halogenated alkanes) is 26. The largest absolute Gasteiger partial charge is 0.394 e. The lowest BCUT2D eigenvalue weighted by atomic mass is 9.99. The van der Waals surface area contributed by atoms with E-state index in [2.05, 4.69) is 43.5 Å². The molecule has 1 amide bonds. The van der Waals surface area contributed by atoms with Crippen molar-refractivity contribution < 1.29 is 39.8 Å². The lowest BCUT2D eigenvalue weighted by Crippen LogP contribution is -2.60. The first-order valence-electron chi connectivity index (χ1n) is 24.0. The van der Waals surface area contributed by atoms with Gasteiger partial charge in [0.15, 0.2) is 6.29 Å². The van der Waals surface area contributed by atoms with Crippen LogP contribution in [0.5, 0.6) is 0 Å². The van der Waals surface area contributed by atoms with E-state index in [1.807, 2.05) is 0 Å². The van der Waals surface area contributed by atoms with Crippen molar-refractivity contribution in [2.75, 3.05) is 13.2 Å². The number of amides is 1. The number of carbonyl (C=O) groups is 1. The molecule has 336 valence electrons. The second-order valence-corrected chi connectivity index (χ2v) is 16.9. The molecule has 7 atom stereocenters. The van der Waals surface area contributed by atoms with Crippen LogP contribution in [0.3, 0.4) is 0 Å². The van der Waals surface area contributed by atoms with Gasteiger partial charge in [0.25, 0.3) is 0 Å². The van der Waals surface area contributed by atoms with Crippen LogP contribution in [-0.2, 0) is 14.3 Å². The molecule has 1 aliphatic rings. The second kappa shape index (κ2) is 38.8. The molecule has 57 heavy (non-hydrogen) atoms. The van der Waals surface area contributed by atoms with Gasteiger partial charge in [-0.3, -0.25) is 4.79 Å². The molecule has 0 saturated carbocycles. The topological polar surface area (TPSA) is 149 Å². The Morgan fingerprint density at radius 2 is 1.04 bits per heavy atom. The van der Waals surface area contributed by atoms with Crippen molar-refractivity contribution in [2.45, 2.75) is 262 Å². The Morgan fingerprint density at radius 3 is 1.54 bits per heavy atom. The molecule has 0 spiro atoms. The van der Waals surface area contributed by atoms with E-state index in [1.54, 1.807) is 0 Å². The van der Waals surface area contributed by atoms with E-state index < -0.39 is 49.5 Å². The predicted molar refractivity (Wildman–Crippen MR) is 235 cm³/mol. The van der Waals surface area contributed by atoms with Crippen LogP contribution < -0.4 is 5.32 Å². The fourth-order valence-corrected chi connectivity index (χ4v) is 7.66. The minimum Gasteiger partial charge on any atom is -0.394 e. The standard InChI is InChI=1S/C48H91NO8/c1-3-5-7-9-11-13-15-17-19-20-21-22-24-26-28-30-32-34-36-38-44(52)49-41(40-56-48-47(55)46(54)45(53)43(39-50)57-48)42(51)37-35-33-31-29-27-25-23-18-16-14-12-10-8-6-4-2/h11,13,17,19,41-43,45-48,50-51,53-55H,3-10,12,14-16,18,20-40H2,1-2H3,(H,49,52)/b13-11-,19-17-. The molecular formula is C48H91NO8. The molecule has 6 N–H and O–H groups in total. The number of carbonyl (C=O) groups excluding carboxylic acids is 1. The van der Waals surface area contributed by atoms with Gasteiger partial charge in [0, 0.05) is 6.42 Å². The number of hydrogen-bond acceptors (Lipinski definition) is 8. The summed E-state index contributed by atoms with van der Waals surface area (Å²) < 4.78 is 11.3. The highest BCUT2D eigenvalue weighted by Crippen LogP contribution is 2.23. The monoisotopic (exact) mass is 810 g/mol. The van der Waals surface area contributed by atoms with Crippen molar-refractivity contribution in [3.63, 3.8) is 0 Å². The normalized spacial score (nSPS) is 21.1. The molecule has 1 saturated heterocycles. The first kappa shape index (κ1) is 53.7. The average molecular weight is 810 g/mol. The maximum atomic E-state index is 13.0. The number of nitrogens with one attached hydrogen (secondary N) is 1. The zero-order chi connectivity index (χ0) is 41.6. The molecule has 1 fully saturated rings. The van der Waals surface area contributed by atoms with Crippen molar-refractivity contribution in [1.29, 1.82) is 0 Å². The molecule has 0 aromatic carbocycles. The van der Waals surface area contributed by atoms with Gasteiger partial charge >= 0.3 is 0 Å². The van der Waals surface area contributed by atoms with Gasteiger partial charge in [-0.1, -0.05) is 192 Å². The molecule has 0 radical (unpaired) electrons. The van der Waals surface area contributed by atoms with Crippen LogP contribution in [0.4, 0.5) is 0 Å². The van der Waals surface area contributed by atoms with Crippen LogP contribution in [0.1, 0.15) is 219 Å². The van der Waals surface area contributed by atoms with Crippen LogP contribution in [0, 0.1) is 0 Å². The summed E-state index contributed by atoms with van der Waals surface area (Å²) in [7, 11) is 0. The number of aliphatic hydroxyl groups is 5. The van der Waals surface area contributed by atoms with E-state index in [0.717, 1.165) is 44.9 Å². The van der Waals surface area contributed by atoms with Gasteiger partial charge in [-0.2, -0.15) is 0 Å². The maximum absolute atomic E-state index is 13.0. The van der Waals surface area contributed by atoms with Gasteiger partial charge in [0.2, 0.25) is 5.91 Å². The molecule has 1 heterocycles. The number of ether oxygens (including phenoxy) is 2. The van der Waals surface area contributed by atoms with Gasteiger partial charge in [-0.25, -0.2) is 0 Å². The van der Waals surface area contributed by atoms with E-state index in [0.29, 0.717) is 12.8 Å². The highest BCUT2D eigenvalue weighted by Gasteiger charge is 2.44. The Balaban J connectivity index is 2.30.